The van der Waals surface area contributed by atoms with Gasteiger partial charge in [0.2, 0.25) is 0 Å². The Hall–Kier alpha value is 0.380. The highest BCUT2D eigenvalue weighted by Crippen LogP contribution is 2.44. The molecule has 0 aromatic carbocycles. The van der Waals surface area contributed by atoms with Crippen LogP contribution >= 0.6 is 22.6 Å². The van der Waals surface area contributed by atoms with Crippen molar-refractivity contribution in [3.05, 3.63) is 0 Å². The van der Waals surface area contributed by atoms with Gasteiger partial charge in [-0.1, -0.05) is 68.5 Å². The molecule has 0 amide bonds. The molecule has 0 saturated heterocycles. The molecule has 0 aliphatic heterocycles. The second kappa shape index (κ2) is 7.85. The maximum Gasteiger partial charge on any atom is 0.453 e. The van der Waals surface area contributed by atoms with Gasteiger partial charge in [-0.2, -0.15) is 22.0 Å². The molecule has 0 rings (SSSR count). The molecule has 2 unspecified atom stereocenters. The Bertz CT molecular complexity index is 227. The normalized spacial score (nSPS) is 16.7. The van der Waals surface area contributed by atoms with Crippen molar-refractivity contribution in [1.29, 1.82) is 0 Å². The largest absolute Gasteiger partial charge is 0.453 e. The van der Waals surface area contributed by atoms with Crippen LogP contribution in [0.25, 0.3) is 0 Å². The van der Waals surface area contributed by atoms with E-state index in [1.54, 1.807) is 22.6 Å². The SMILES string of the molecule is CCCCCCCC(I)C(C)C(F)(F)C(F)(F)F. The minimum Gasteiger partial charge on any atom is -0.196 e. The Kier molecular flexibility index (Phi) is 8.01. The predicted molar refractivity (Wildman–Crippen MR) is 71.4 cm³/mol. The predicted octanol–water partition coefficient (Wildman–Crippen LogP) is 5.98. The van der Waals surface area contributed by atoms with Crippen LogP contribution < -0.4 is 0 Å². The standard InChI is InChI=1S/C12H20F5I/c1-3-4-5-6-7-8-10(18)9(2)11(13,14)12(15,16)17/h9-10H,3-8H2,1-2H3. The molecule has 0 bridgehead atoms. The Morgan fingerprint density at radius 1 is 0.944 bits per heavy atom. The maximum atomic E-state index is 13.1. The second-order valence-electron chi connectivity index (χ2n) is 4.63. The van der Waals surface area contributed by atoms with Crippen molar-refractivity contribution >= 4 is 22.6 Å². The zero-order chi connectivity index (χ0) is 14.4. The highest BCUT2D eigenvalue weighted by molar-refractivity contribution is 14.1. The van der Waals surface area contributed by atoms with Gasteiger partial charge in [-0.15, -0.1) is 0 Å². The van der Waals surface area contributed by atoms with Crippen LogP contribution in [0.2, 0.25) is 0 Å². The molecule has 110 valence electrons. The fourth-order valence-electron chi connectivity index (χ4n) is 1.68. The summed E-state index contributed by atoms with van der Waals surface area (Å²) in [4.78, 5) is 0. The molecule has 0 aliphatic rings. The second-order valence-corrected chi connectivity index (χ2v) is 6.23. The number of halogens is 6. The number of hydrogen-bond donors (Lipinski definition) is 0. The monoisotopic (exact) mass is 386 g/mol. The van der Waals surface area contributed by atoms with E-state index >= 15 is 0 Å². The number of unbranched alkanes of at least 4 members (excludes halogenated alkanes) is 4. The number of hydrogen-bond acceptors (Lipinski definition) is 0. The zero-order valence-corrected chi connectivity index (χ0v) is 12.8. The molecular weight excluding hydrogens is 366 g/mol. The number of rotatable bonds is 8. The molecule has 0 radical (unpaired) electrons. The highest BCUT2D eigenvalue weighted by atomic mass is 127. The number of alkyl halides is 6. The molecule has 18 heavy (non-hydrogen) atoms. The molecule has 0 saturated carbocycles. The molecule has 0 aromatic rings. The highest BCUT2D eigenvalue weighted by Gasteiger charge is 2.61. The van der Waals surface area contributed by atoms with Gasteiger partial charge in [-0.05, 0) is 6.42 Å². The van der Waals surface area contributed by atoms with Gasteiger partial charge < -0.3 is 0 Å². The zero-order valence-electron chi connectivity index (χ0n) is 10.7. The van der Waals surface area contributed by atoms with E-state index in [9.17, 15) is 22.0 Å². The molecule has 0 aliphatic carbocycles. The van der Waals surface area contributed by atoms with Crippen molar-refractivity contribution < 1.29 is 22.0 Å². The van der Waals surface area contributed by atoms with Gasteiger partial charge in [0, 0.05) is 9.84 Å². The van der Waals surface area contributed by atoms with E-state index in [1.807, 2.05) is 0 Å². The first kappa shape index (κ1) is 18.4. The van der Waals surface area contributed by atoms with Gasteiger partial charge in [0.25, 0.3) is 0 Å². The lowest BCUT2D eigenvalue weighted by Crippen LogP contribution is -2.45. The minimum absolute atomic E-state index is 0.414. The smallest absolute Gasteiger partial charge is 0.196 e. The van der Waals surface area contributed by atoms with Crippen molar-refractivity contribution in [2.24, 2.45) is 5.92 Å². The van der Waals surface area contributed by atoms with Gasteiger partial charge >= 0.3 is 12.1 Å². The summed E-state index contributed by atoms with van der Waals surface area (Å²) in [5.74, 6) is -6.27. The average Bonchev–Trinajstić information content (AvgIpc) is 2.25. The van der Waals surface area contributed by atoms with E-state index in [4.69, 9.17) is 0 Å². The molecule has 6 heteroatoms. The first-order chi connectivity index (χ1) is 8.14. The first-order valence-corrected chi connectivity index (χ1v) is 7.47. The minimum atomic E-state index is -5.45. The van der Waals surface area contributed by atoms with Gasteiger partial charge in [0.1, 0.15) is 0 Å². The van der Waals surface area contributed by atoms with Crippen molar-refractivity contribution in [3.8, 4) is 0 Å². The first-order valence-electron chi connectivity index (χ1n) is 6.23. The summed E-state index contributed by atoms with van der Waals surface area (Å²) >= 11 is 1.71. The molecule has 0 aromatic heterocycles. The van der Waals surface area contributed by atoms with Gasteiger partial charge in [-0.3, -0.25) is 0 Å². The average molecular weight is 386 g/mol. The van der Waals surface area contributed by atoms with Crippen molar-refractivity contribution in [1.82, 2.24) is 0 Å². The Morgan fingerprint density at radius 3 is 1.89 bits per heavy atom. The van der Waals surface area contributed by atoms with Crippen molar-refractivity contribution in [2.45, 2.75) is 68.4 Å². The summed E-state index contributed by atoms with van der Waals surface area (Å²) in [6, 6.07) is 0. The Morgan fingerprint density at radius 2 is 1.44 bits per heavy atom. The van der Waals surface area contributed by atoms with E-state index in [0.717, 1.165) is 32.6 Å². The van der Waals surface area contributed by atoms with E-state index in [2.05, 4.69) is 6.92 Å². The summed E-state index contributed by atoms with van der Waals surface area (Å²) in [5.41, 5.74) is 0. The molecule has 2 atom stereocenters. The molecular formula is C12H20F5I. The van der Waals surface area contributed by atoms with Gasteiger partial charge in [0.05, 0.1) is 0 Å². The lowest BCUT2D eigenvalue weighted by Gasteiger charge is -2.29. The van der Waals surface area contributed by atoms with Gasteiger partial charge in [0.15, 0.2) is 0 Å². The molecule has 0 spiro atoms. The quantitative estimate of drug-likeness (QED) is 0.208. The van der Waals surface area contributed by atoms with E-state index < -0.39 is 21.9 Å². The van der Waals surface area contributed by atoms with E-state index in [0.29, 0.717) is 12.8 Å². The summed E-state index contributed by atoms with van der Waals surface area (Å²) in [6.07, 6.45) is -0.237. The Balaban J connectivity index is 4.14. The van der Waals surface area contributed by atoms with E-state index in [1.165, 1.54) is 0 Å². The third-order valence-corrected chi connectivity index (χ3v) is 4.78. The van der Waals surface area contributed by atoms with Crippen LogP contribution in [-0.4, -0.2) is 16.0 Å². The van der Waals surface area contributed by atoms with Crippen LogP contribution in [0.4, 0.5) is 22.0 Å². The summed E-state index contributed by atoms with van der Waals surface area (Å²) < 4.78 is 62.0. The molecule has 0 N–H and O–H groups in total. The fraction of sp³-hybridized carbons (Fsp3) is 1.00. The third kappa shape index (κ3) is 5.57. The summed E-state index contributed by atoms with van der Waals surface area (Å²) in [6.45, 7) is 3.05. The summed E-state index contributed by atoms with van der Waals surface area (Å²) in [5, 5.41) is 0. The van der Waals surface area contributed by atoms with Gasteiger partial charge in [-0.25, -0.2) is 0 Å². The van der Waals surface area contributed by atoms with E-state index in [-0.39, 0.29) is 0 Å². The van der Waals surface area contributed by atoms with Crippen LogP contribution in [0.15, 0.2) is 0 Å². The fourth-order valence-corrected chi connectivity index (χ4v) is 2.57. The molecule has 0 heterocycles. The van der Waals surface area contributed by atoms with Crippen LogP contribution in [0.5, 0.6) is 0 Å². The summed E-state index contributed by atoms with van der Waals surface area (Å²) in [7, 11) is 0. The Labute approximate surface area is 119 Å². The van der Waals surface area contributed by atoms with Crippen LogP contribution in [0.1, 0.15) is 52.4 Å². The lowest BCUT2D eigenvalue weighted by molar-refractivity contribution is -0.300. The molecule has 0 nitrogen and oxygen atoms in total. The van der Waals surface area contributed by atoms with Crippen LogP contribution in [-0.2, 0) is 0 Å². The maximum absolute atomic E-state index is 13.1. The lowest BCUT2D eigenvalue weighted by atomic mass is 9.95. The third-order valence-electron chi connectivity index (χ3n) is 3.08. The topological polar surface area (TPSA) is 0 Å². The molecule has 0 fully saturated rings. The van der Waals surface area contributed by atoms with Crippen LogP contribution in [0, 0.1) is 5.92 Å². The van der Waals surface area contributed by atoms with Crippen molar-refractivity contribution in [3.63, 3.8) is 0 Å². The van der Waals surface area contributed by atoms with Crippen molar-refractivity contribution in [2.75, 3.05) is 0 Å². The van der Waals surface area contributed by atoms with Crippen LogP contribution in [0.3, 0.4) is 0 Å².